The van der Waals surface area contributed by atoms with Crippen molar-refractivity contribution in [2.45, 2.75) is 33.4 Å². The first-order valence-electron chi connectivity index (χ1n) is 9.89. The van der Waals surface area contributed by atoms with Crippen LogP contribution in [0, 0.1) is 13.8 Å². The number of nitrogens with one attached hydrogen (secondary N) is 1. The van der Waals surface area contributed by atoms with Gasteiger partial charge in [-0.25, -0.2) is 9.97 Å². The first-order valence-corrected chi connectivity index (χ1v) is 10.7. The summed E-state index contributed by atoms with van der Waals surface area (Å²) in [6.07, 6.45) is 0.489. The standard InChI is InChI=1S/C22H18N4O5S/c1-10-12(3)32-21-16(10)20(28)24-19(25-21)11(2)30-15(27)8-26-9-23-17-13-6-4-5-7-14(13)31-18(17)22(26)29/h4-7,9,11H,8H2,1-3H3,(H,24,25,28)/t11-/m0/s1. The quantitative estimate of drug-likeness (QED) is 0.417. The van der Waals surface area contributed by atoms with E-state index in [0.29, 0.717) is 21.3 Å². The van der Waals surface area contributed by atoms with E-state index in [1.54, 1.807) is 19.1 Å². The highest BCUT2D eigenvalue weighted by molar-refractivity contribution is 7.18. The van der Waals surface area contributed by atoms with E-state index < -0.39 is 17.6 Å². The Bertz CT molecular complexity index is 1640. The van der Waals surface area contributed by atoms with Gasteiger partial charge in [0.1, 0.15) is 22.5 Å². The maximum atomic E-state index is 12.8. The molecule has 0 aliphatic rings. The molecule has 0 saturated carbocycles. The number of ether oxygens (including phenoxy) is 1. The van der Waals surface area contributed by atoms with Crippen molar-refractivity contribution in [3.63, 3.8) is 0 Å². The van der Waals surface area contributed by atoms with Gasteiger partial charge in [0, 0.05) is 10.3 Å². The van der Waals surface area contributed by atoms with E-state index >= 15 is 0 Å². The molecule has 4 heterocycles. The van der Waals surface area contributed by atoms with Gasteiger partial charge in [-0.2, -0.15) is 0 Å². The van der Waals surface area contributed by atoms with E-state index in [0.717, 1.165) is 20.4 Å². The Morgan fingerprint density at radius 2 is 2.06 bits per heavy atom. The number of carbonyl (C=O) groups excluding carboxylic acids is 1. The van der Waals surface area contributed by atoms with Gasteiger partial charge in [-0.15, -0.1) is 11.3 Å². The van der Waals surface area contributed by atoms with Gasteiger partial charge in [0.15, 0.2) is 11.9 Å². The zero-order chi connectivity index (χ0) is 22.6. The number of furan rings is 1. The van der Waals surface area contributed by atoms with Gasteiger partial charge >= 0.3 is 5.97 Å². The van der Waals surface area contributed by atoms with E-state index in [4.69, 9.17) is 9.15 Å². The Labute approximate surface area is 184 Å². The number of aromatic nitrogens is 4. The van der Waals surface area contributed by atoms with Gasteiger partial charge in [-0.1, -0.05) is 12.1 Å². The van der Waals surface area contributed by atoms with Crippen molar-refractivity contribution < 1.29 is 13.9 Å². The van der Waals surface area contributed by atoms with Crippen LogP contribution in [-0.2, 0) is 16.1 Å². The summed E-state index contributed by atoms with van der Waals surface area (Å²) in [6, 6.07) is 7.20. The van der Waals surface area contributed by atoms with Crippen molar-refractivity contribution in [1.29, 1.82) is 0 Å². The average Bonchev–Trinajstić information content (AvgIpc) is 3.28. The number of nitrogens with zero attached hydrogens (tertiary/aromatic N) is 3. The predicted octanol–water partition coefficient (Wildman–Crippen LogP) is 3.36. The normalized spacial score (nSPS) is 12.6. The molecular formula is C22H18N4O5S. The maximum Gasteiger partial charge on any atom is 0.326 e. The molecule has 0 spiro atoms. The number of hydrogen-bond acceptors (Lipinski definition) is 8. The molecule has 32 heavy (non-hydrogen) atoms. The van der Waals surface area contributed by atoms with E-state index in [1.165, 1.54) is 17.7 Å². The molecule has 4 aromatic heterocycles. The molecule has 1 atom stereocenters. The van der Waals surface area contributed by atoms with Gasteiger partial charge < -0.3 is 14.1 Å². The van der Waals surface area contributed by atoms with Crippen LogP contribution >= 0.6 is 11.3 Å². The fourth-order valence-electron chi connectivity index (χ4n) is 3.62. The first-order chi connectivity index (χ1) is 15.3. The van der Waals surface area contributed by atoms with Gasteiger partial charge in [0.25, 0.3) is 11.1 Å². The smallest absolute Gasteiger partial charge is 0.326 e. The largest absolute Gasteiger partial charge is 0.453 e. The molecule has 0 aliphatic carbocycles. The lowest BCUT2D eigenvalue weighted by Crippen LogP contribution is -2.26. The molecule has 0 fully saturated rings. The average molecular weight is 450 g/mol. The van der Waals surface area contributed by atoms with Crippen molar-refractivity contribution in [2.75, 3.05) is 0 Å². The second-order valence-corrected chi connectivity index (χ2v) is 8.70. The summed E-state index contributed by atoms with van der Waals surface area (Å²) in [5, 5.41) is 1.28. The molecule has 0 saturated heterocycles. The summed E-state index contributed by atoms with van der Waals surface area (Å²) in [5.41, 5.74) is 1.21. The molecule has 10 heteroatoms. The molecule has 162 valence electrons. The third-order valence-corrected chi connectivity index (χ3v) is 6.50. The SMILES string of the molecule is Cc1sc2nc([C@H](C)OC(=O)Cn3cnc4c(oc5ccccc54)c3=O)[nH]c(=O)c2c1C. The summed E-state index contributed by atoms with van der Waals surface area (Å²) < 4.78 is 12.2. The summed E-state index contributed by atoms with van der Waals surface area (Å²) >= 11 is 1.41. The zero-order valence-corrected chi connectivity index (χ0v) is 18.3. The minimum Gasteiger partial charge on any atom is -0.453 e. The van der Waals surface area contributed by atoms with Crippen molar-refractivity contribution in [3.8, 4) is 0 Å². The zero-order valence-electron chi connectivity index (χ0n) is 17.5. The molecule has 0 aliphatic heterocycles. The number of rotatable bonds is 4. The van der Waals surface area contributed by atoms with Crippen LogP contribution in [-0.4, -0.2) is 25.5 Å². The molecular weight excluding hydrogens is 432 g/mol. The maximum absolute atomic E-state index is 12.8. The van der Waals surface area contributed by atoms with Crippen molar-refractivity contribution in [2.24, 2.45) is 0 Å². The number of hydrogen-bond donors (Lipinski definition) is 1. The van der Waals surface area contributed by atoms with Crippen LogP contribution in [0.1, 0.15) is 29.3 Å². The van der Waals surface area contributed by atoms with Crippen molar-refractivity contribution in [1.82, 2.24) is 19.5 Å². The lowest BCUT2D eigenvalue weighted by Gasteiger charge is -2.13. The summed E-state index contributed by atoms with van der Waals surface area (Å²) in [6.45, 7) is 5.05. The molecule has 0 amide bonds. The van der Waals surface area contributed by atoms with Crippen LogP contribution in [0.2, 0.25) is 0 Å². The highest BCUT2D eigenvalue weighted by atomic mass is 32.1. The molecule has 0 unspecified atom stereocenters. The van der Waals surface area contributed by atoms with E-state index in [9.17, 15) is 14.4 Å². The monoisotopic (exact) mass is 450 g/mol. The summed E-state index contributed by atoms with van der Waals surface area (Å²) in [4.78, 5) is 50.8. The Morgan fingerprint density at radius 1 is 1.28 bits per heavy atom. The fourth-order valence-corrected chi connectivity index (χ4v) is 4.66. The molecule has 0 radical (unpaired) electrons. The van der Waals surface area contributed by atoms with E-state index in [2.05, 4.69) is 15.0 Å². The number of para-hydroxylation sites is 1. The third-order valence-electron chi connectivity index (χ3n) is 5.40. The topological polar surface area (TPSA) is 120 Å². The fraction of sp³-hybridized carbons (Fsp3) is 0.227. The van der Waals surface area contributed by atoms with Crippen LogP contribution in [0.3, 0.4) is 0 Å². The second-order valence-electron chi connectivity index (χ2n) is 7.50. The highest BCUT2D eigenvalue weighted by Gasteiger charge is 2.20. The van der Waals surface area contributed by atoms with Gasteiger partial charge in [-0.3, -0.25) is 19.0 Å². The number of esters is 1. The number of aromatic amines is 1. The Balaban J connectivity index is 1.40. The molecule has 5 aromatic rings. The van der Waals surface area contributed by atoms with E-state index in [1.807, 2.05) is 26.0 Å². The minimum atomic E-state index is -0.805. The highest BCUT2D eigenvalue weighted by Crippen LogP contribution is 2.27. The van der Waals surface area contributed by atoms with Crippen LogP contribution in [0.5, 0.6) is 0 Å². The number of fused-ring (bicyclic) bond motifs is 4. The first kappa shape index (κ1) is 20.1. The van der Waals surface area contributed by atoms with Crippen LogP contribution < -0.4 is 11.1 Å². The second kappa shape index (κ2) is 7.41. The molecule has 1 N–H and O–H groups in total. The van der Waals surface area contributed by atoms with Gasteiger partial charge in [-0.05, 0) is 38.5 Å². The Hall–Kier alpha value is -3.79. The number of benzene rings is 1. The number of aryl methyl sites for hydroxylation is 2. The third kappa shape index (κ3) is 3.19. The summed E-state index contributed by atoms with van der Waals surface area (Å²) in [7, 11) is 0. The van der Waals surface area contributed by atoms with Crippen LogP contribution in [0.4, 0.5) is 0 Å². The molecule has 1 aromatic carbocycles. The predicted molar refractivity (Wildman–Crippen MR) is 120 cm³/mol. The van der Waals surface area contributed by atoms with Crippen LogP contribution in [0.15, 0.2) is 44.6 Å². The summed E-state index contributed by atoms with van der Waals surface area (Å²) in [5.74, 6) is -0.423. The lowest BCUT2D eigenvalue weighted by atomic mass is 10.2. The lowest BCUT2D eigenvalue weighted by molar-refractivity contribution is -0.149. The van der Waals surface area contributed by atoms with Gasteiger partial charge in [0.2, 0.25) is 5.58 Å². The number of carbonyl (C=O) groups is 1. The number of thiophene rings is 1. The molecule has 5 rings (SSSR count). The minimum absolute atomic E-state index is 0.0782. The number of H-pyrrole nitrogens is 1. The van der Waals surface area contributed by atoms with Crippen molar-refractivity contribution >= 4 is 49.6 Å². The van der Waals surface area contributed by atoms with Crippen molar-refractivity contribution in [3.05, 3.63) is 67.6 Å². The Kier molecular flexibility index (Phi) is 4.66. The van der Waals surface area contributed by atoms with E-state index in [-0.39, 0.29) is 23.5 Å². The van der Waals surface area contributed by atoms with Gasteiger partial charge in [0.05, 0.1) is 11.7 Å². The molecule has 0 bridgehead atoms. The van der Waals surface area contributed by atoms with Crippen LogP contribution in [0.25, 0.3) is 32.3 Å². The molecule has 9 nitrogen and oxygen atoms in total. The Morgan fingerprint density at radius 3 is 2.88 bits per heavy atom.